The van der Waals surface area contributed by atoms with Crippen LogP contribution in [-0.2, 0) is 4.79 Å². The number of rotatable bonds is 4. The van der Waals surface area contributed by atoms with E-state index < -0.39 is 6.10 Å². The average Bonchev–Trinajstić information content (AvgIpc) is 2.49. The summed E-state index contributed by atoms with van der Waals surface area (Å²) in [4.78, 5) is 14.3. The zero-order chi connectivity index (χ0) is 16.1. The van der Waals surface area contributed by atoms with Crippen LogP contribution in [0.5, 0.6) is 5.75 Å². The minimum Gasteiger partial charge on any atom is -0.481 e. The van der Waals surface area contributed by atoms with Gasteiger partial charge in [0.25, 0.3) is 5.91 Å². The summed E-state index contributed by atoms with van der Waals surface area (Å²) in [6.45, 7) is 5.55. The summed E-state index contributed by atoms with van der Waals surface area (Å²) in [6.07, 6.45) is 1.17. The van der Waals surface area contributed by atoms with Gasteiger partial charge in [0.15, 0.2) is 6.10 Å². The Balaban J connectivity index is 1.88. The second kappa shape index (κ2) is 7.61. The molecule has 2 rings (SSSR count). The SMILES string of the molecule is Cc1cc(Cl)ccc1OC(C)C(=O)NN=C1CCN(C)CC1. The number of carbonyl (C=O) groups excluding carboxylic acids is 1. The monoisotopic (exact) mass is 323 g/mol. The van der Waals surface area contributed by atoms with Gasteiger partial charge >= 0.3 is 0 Å². The maximum Gasteiger partial charge on any atom is 0.280 e. The number of ether oxygens (including phenoxy) is 1. The van der Waals surface area contributed by atoms with Gasteiger partial charge in [0.2, 0.25) is 0 Å². The van der Waals surface area contributed by atoms with E-state index in [-0.39, 0.29) is 5.91 Å². The first-order chi connectivity index (χ1) is 10.5. The standard InChI is InChI=1S/C16H22ClN3O2/c1-11-10-13(17)4-5-15(11)22-12(2)16(21)19-18-14-6-8-20(3)9-7-14/h4-5,10,12H,6-9H2,1-3H3,(H,19,21). The highest BCUT2D eigenvalue weighted by Crippen LogP contribution is 2.22. The first-order valence-electron chi connectivity index (χ1n) is 7.42. The van der Waals surface area contributed by atoms with E-state index in [1.54, 1.807) is 25.1 Å². The molecule has 0 saturated carbocycles. The Morgan fingerprint density at radius 1 is 1.41 bits per heavy atom. The second-order valence-corrected chi connectivity index (χ2v) is 6.06. The van der Waals surface area contributed by atoms with Crippen LogP contribution >= 0.6 is 11.6 Å². The summed E-state index contributed by atoms with van der Waals surface area (Å²) in [6, 6.07) is 5.32. The predicted octanol–water partition coefficient (Wildman–Crippen LogP) is 2.61. The maximum absolute atomic E-state index is 12.1. The fourth-order valence-corrected chi connectivity index (χ4v) is 2.43. The number of nitrogens with one attached hydrogen (secondary N) is 1. The van der Waals surface area contributed by atoms with Gasteiger partial charge in [-0.2, -0.15) is 5.10 Å². The van der Waals surface area contributed by atoms with Gasteiger partial charge in [0, 0.05) is 36.7 Å². The van der Waals surface area contributed by atoms with Crippen LogP contribution in [0.2, 0.25) is 5.02 Å². The molecule has 1 saturated heterocycles. The average molecular weight is 324 g/mol. The molecule has 5 nitrogen and oxygen atoms in total. The molecular weight excluding hydrogens is 302 g/mol. The van der Waals surface area contributed by atoms with Gasteiger partial charge in [-0.15, -0.1) is 0 Å². The third-order valence-corrected chi connectivity index (χ3v) is 3.93. The highest BCUT2D eigenvalue weighted by molar-refractivity contribution is 6.30. The molecule has 0 bridgehead atoms. The van der Waals surface area contributed by atoms with Crippen LogP contribution in [0, 0.1) is 6.92 Å². The molecule has 1 aliphatic rings. The van der Waals surface area contributed by atoms with Gasteiger partial charge in [-0.3, -0.25) is 4.79 Å². The quantitative estimate of drug-likeness (QED) is 0.867. The summed E-state index contributed by atoms with van der Waals surface area (Å²) in [5.41, 5.74) is 4.52. The Labute approximate surface area is 136 Å². The summed E-state index contributed by atoms with van der Waals surface area (Å²) < 4.78 is 5.67. The lowest BCUT2D eigenvalue weighted by molar-refractivity contribution is -0.127. The van der Waals surface area contributed by atoms with Crippen LogP contribution in [0.3, 0.4) is 0 Å². The maximum atomic E-state index is 12.1. The van der Waals surface area contributed by atoms with E-state index in [0.29, 0.717) is 10.8 Å². The minimum absolute atomic E-state index is 0.249. The molecule has 120 valence electrons. The van der Waals surface area contributed by atoms with Crippen molar-refractivity contribution in [1.29, 1.82) is 0 Å². The topological polar surface area (TPSA) is 53.9 Å². The van der Waals surface area contributed by atoms with E-state index in [2.05, 4.69) is 22.5 Å². The Hall–Kier alpha value is -1.59. The zero-order valence-electron chi connectivity index (χ0n) is 13.2. The highest BCUT2D eigenvalue weighted by atomic mass is 35.5. The van der Waals surface area contributed by atoms with Crippen LogP contribution in [0.15, 0.2) is 23.3 Å². The van der Waals surface area contributed by atoms with Crippen molar-refractivity contribution >= 4 is 23.2 Å². The second-order valence-electron chi connectivity index (χ2n) is 5.63. The number of amides is 1. The third kappa shape index (κ3) is 4.71. The van der Waals surface area contributed by atoms with Crippen LogP contribution < -0.4 is 10.2 Å². The van der Waals surface area contributed by atoms with Crippen molar-refractivity contribution < 1.29 is 9.53 Å². The number of nitrogens with zero attached hydrogens (tertiary/aromatic N) is 2. The van der Waals surface area contributed by atoms with Gasteiger partial charge in [-0.25, -0.2) is 5.43 Å². The predicted molar refractivity (Wildman–Crippen MR) is 88.6 cm³/mol. The molecule has 1 fully saturated rings. The highest BCUT2D eigenvalue weighted by Gasteiger charge is 2.16. The molecule has 6 heteroatoms. The van der Waals surface area contributed by atoms with Crippen molar-refractivity contribution in [3.8, 4) is 5.75 Å². The van der Waals surface area contributed by atoms with Crippen LogP contribution in [0.4, 0.5) is 0 Å². The van der Waals surface area contributed by atoms with Crippen LogP contribution in [0.25, 0.3) is 0 Å². The fourth-order valence-electron chi connectivity index (χ4n) is 2.20. The van der Waals surface area contributed by atoms with Crippen molar-refractivity contribution in [2.24, 2.45) is 5.10 Å². The molecule has 1 heterocycles. The summed E-state index contributed by atoms with van der Waals surface area (Å²) in [5, 5.41) is 4.85. The first kappa shape index (κ1) is 16.8. The molecule has 1 aliphatic heterocycles. The number of hydrazone groups is 1. The zero-order valence-corrected chi connectivity index (χ0v) is 14.0. The van der Waals surface area contributed by atoms with Crippen molar-refractivity contribution in [3.05, 3.63) is 28.8 Å². The van der Waals surface area contributed by atoms with E-state index in [1.807, 2.05) is 6.92 Å². The van der Waals surface area contributed by atoms with Gasteiger partial charge in [-0.05, 0) is 44.7 Å². The number of carbonyl (C=O) groups is 1. The summed E-state index contributed by atoms with van der Waals surface area (Å²) in [7, 11) is 2.08. The fraction of sp³-hybridized carbons (Fsp3) is 0.500. The Kier molecular flexibility index (Phi) is 5.80. The smallest absolute Gasteiger partial charge is 0.280 e. The molecule has 1 aromatic carbocycles. The Morgan fingerprint density at radius 2 is 2.09 bits per heavy atom. The molecule has 22 heavy (non-hydrogen) atoms. The molecule has 0 radical (unpaired) electrons. The molecular formula is C16H22ClN3O2. The number of benzene rings is 1. The lowest BCUT2D eigenvalue weighted by Crippen LogP contribution is -2.36. The molecule has 0 spiro atoms. The van der Waals surface area contributed by atoms with Gasteiger partial charge in [0.1, 0.15) is 5.75 Å². The molecule has 1 atom stereocenters. The van der Waals surface area contributed by atoms with E-state index in [4.69, 9.17) is 16.3 Å². The molecule has 1 amide bonds. The molecule has 0 aliphatic carbocycles. The summed E-state index contributed by atoms with van der Waals surface area (Å²) >= 11 is 5.91. The van der Waals surface area contributed by atoms with E-state index in [1.165, 1.54) is 0 Å². The largest absolute Gasteiger partial charge is 0.481 e. The van der Waals surface area contributed by atoms with E-state index >= 15 is 0 Å². The minimum atomic E-state index is -0.615. The molecule has 1 N–H and O–H groups in total. The number of hydrogen-bond donors (Lipinski definition) is 1. The van der Waals surface area contributed by atoms with Gasteiger partial charge in [0.05, 0.1) is 0 Å². The first-order valence-corrected chi connectivity index (χ1v) is 7.80. The molecule has 1 aromatic rings. The van der Waals surface area contributed by atoms with E-state index in [9.17, 15) is 4.79 Å². The van der Waals surface area contributed by atoms with Crippen LogP contribution in [-0.4, -0.2) is 42.8 Å². The lowest BCUT2D eigenvalue weighted by atomic mass is 10.1. The Bertz CT molecular complexity index is 565. The number of hydrogen-bond acceptors (Lipinski definition) is 4. The number of likely N-dealkylation sites (tertiary alicyclic amines) is 1. The number of aryl methyl sites for hydroxylation is 1. The lowest BCUT2D eigenvalue weighted by Gasteiger charge is -2.23. The number of piperidine rings is 1. The number of halogens is 1. The van der Waals surface area contributed by atoms with Gasteiger partial charge in [-0.1, -0.05) is 11.6 Å². The van der Waals surface area contributed by atoms with E-state index in [0.717, 1.165) is 37.2 Å². The van der Waals surface area contributed by atoms with Gasteiger partial charge < -0.3 is 9.64 Å². The summed E-state index contributed by atoms with van der Waals surface area (Å²) in [5.74, 6) is 0.403. The molecule has 0 aromatic heterocycles. The van der Waals surface area contributed by atoms with Crippen molar-refractivity contribution in [3.63, 3.8) is 0 Å². The van der Waals surface area contributed by atoms with Crippen molar-refractivity contribution in [2.45, 2.75) is 32.8 Å². The third-order valence-electron chi connectivity index (χ3n) is 3.70. The van der Waals surface area contributed by atoms with Crippen molar-refractivity contribution in [1.82, 2.24) is 10.3 Å². The molecule has 1 unspecified atom stereocenters. The van der Waals surface area contributed by atoms with Crippen molar-refractivity contribution in [2.75, 3.05) is 20.1 Å². The normalized spacial score (nSPS) is 17.0. The van der Waals surface area contributed by atoms with Crippen LogP contribution in [0.1, 0.15) is 25.3 Å². The Morgan fingerprint density at radius 3 is 2.73 bits per heavy atom.